The minimum absolute atomic E-state index is 0.391. The molecule has 0 unspecified atom stereocenters. The van der Waals surface area contributed by atoms with Crippen molar-refractivity contribution < 1.29 is 22.7 Å². The maximum Gasteiger partial charge on any atom is 0.490 e. The van der Waals surface area contributed by atoms with Gasteiger partial charge in [0.05, 0.1) is 0 Å². The van der Waals surface area contributed by atoms with E-state index < -0.39 is 17.7 Å². The van der Waals surface area contributed by atoms with E-state index in [0.717, 1.165) is 0 Å². The number of esters is 1. The first kappa shape index (κ1) is 13.3. The molecule has 0 atom stereocenters. The smallest absolute Gasteiger partial charge is 0.452 e. The van der Waals surface area contributed by atoms with Gasteiger partial charge in [-0.2, -0.15) is 13.2 Å². The third-order valence-electron chi connectivity index (χ3n) is 2.47. The van der Waals surface area contributed by atoms with Crippen molar-refractivity contribution >= 4 is 5.97 Å². The summed E-state index contributed by atoms with van der Waals surface area (Å²) in [6, 6.07) is 0. The van der Waals surface area contributed by atoms with Crippen LogP contribution in [0.2, 0.25) is 0 Å². The highest BCUT2D eigenvalue weighted by Crippen LogP contribution is 2.28. The summed E-state index contributed by atoms with van der Waals surface area (Å²) in [5, 5.41) is 0. The second-order valence-electron chi connectivity index (χ2n) is 3.13. The van der Waals surface area contributed by atoms with Gasteiger partial charge in [0.25, 0.3) is 0 Å². The SMILES string of the molecule is CCC(CC)(CC)OC(=O)C(F)(F)F. The van der Waals surface area contributed by atoms with Crippen LogP contribution in [0.5, 0.6) is 0 Å². The number of ether oxygens (including phenoxy) is 1. The molecular weight excluding hydrogens is 197 g/mol. The Balaban J connectivity index is 4.54. The van der Waals surface area contributed by atoms with Crippen LogP contribution in [-0.4, -0.2) is 17.7 Å². The molecule has 0 saturated carbocycles. The van der Waals surface area contributed by atoms with Crippen LogP contribution in [0.3, 0.4) is 0 Å². The van der Waals surface area contributed by atoms with E-state index in [1.54, 1.807) is 20.8 Å². The van der Waals surface area contributed by atoms with Crippen molar-refractivity contribution in [3.8, 4) is 0 Å². The molecule has 2 nitrogen and oxygen atoms in total. The third-order valence-corrected chi connectivity index (χ3v) is 2.47. The highest BCUT2D eigenvalue weighted by molar-refractivity contribution is 5.76. The zero-order chi connectivity index (χ0) is 11.4. The van der Waals surface area contributed by atoms with Gasteiger partial charge in [-0.3, -0.25) is 0 Å². The Bertz CT molecular complexity index is 186. The first-order valence-corrected chi connectivity index (χ1v) is 4.61. The average molecular weight is 212 g/mol. The lowest BCUT2D eigenvalue weighted by atomic mass is 9.94. The summed E-state index contributed by atoms with van der Waals surface area (Å²) in [5.74, 6) is -2.09. The van der Waals surface area contributed by atoms with Crippen molar-refractivity contribution in [2.75, 3.05) is 0 Å². The van der Waals surface area contributed by atoms with Gasteiger partial charge >= 0.3 is 12.1 Å². The second-order valence-corrected chi connectivity index (χ2v) is 3.13. The lowest BCUT2D eigenvalue weighted by molar-refractivity contribution is -0.215. The Morgan fingerprint density at radius 1 is 1.07 bits per heavy atom. The minimum atomic E-state index is -4.90. The summed E-state index contributed by atoms with van der Waals surface area (Å²) in [7, 11) is 0. The van der Waals surface area contributed by atoms with E-state index in [-0.39, 0.29) is 0 Å². The molecule has 14 heavy (non-hydrogen) atoms. The molecule has 0 aliphatic carbocycles. The summed E-state index contributed by atoms with van der Waals surface area (Å²) in [6.07, 6.45) is -3.73. The van der Waals surface area contributed by atoms with Crippen LogP contribution in [0.15, 0.2) is 0 Å². The van der Waals surface area contributed by atoms with Crippen molar-refractivity contribution in [2.45, 2.75) is 51.8 Å². The van der Waals surface area contributed by atoms with Gasteiger partial charge in [0, 0.05) is 0 Å². The van der Waals surface area contributed by atoms with Gasteiger partial charge in [-0.15, -0.1) is 0 Å². The summed E-state index contributed by atoms with van der Waals surface area (Å²) in [4.78, 5) is 10.6. The monoisotopic (exact) mass is 212 g/mol. The lowest BCUT2D eigenvalue weighted by Crippen LogP contribution is -2.38. The number of rotatable bonds is 4. The van der Waals surface area contributed by atoms with Crippen LogP contribution in [0.4, 0.5) is 13.2 Å². The van der Waals surface area contributed by atoms with Crippen molar-refractivity contribution in [1.29, 1.82) is 0 Å². The standard InChI is InChI=1S/C9H15F3O2/c1-4-8(5-2,6-3)14-7(13)9(10,11)12/h4-6H2,1-3H3. The molecule has 84 valence electrons. The second kappa shape index (κ2) is 4.66. The molecule has 0 N–H and O–H groups in total. The van der Waals surface area contributed by atoms with Crippen LogP contribution in [0.1, 0.15) is 40.0 Å². The fraction of sp³-hybridized carbons (Fsp3) is 0.889. The van der Waals surface area contributed by atoms with Crippen molar-refractivity contribution in [1.82, 2.24) is 0 Å². The third kappa shape index (κ3) is 3.20. The normalized spacial score (nSPS) is 12.7. The fourth-order valence-electron chi connectivity index (χ4n) is 1.22. The highest BCUT2D eigenvalue weighted by atomic mass is 19.4. The van der Waals surface area contributed by atoms with Gasteiger partial charge in [0.15, 0.2) is 0 Å². The summed E-state index contributed by atoms with van der Waals surface area (Å²) in [5.41, 5.74) is -0.966. The lowest BCUT2D eigenvalue weighted by Gasteiger charge is -2.30. The maximum absolute atomic E-state index is 11.9. The molecule has 0 bridgehead atoms. The Morgan fingerprint density at radius 2 is 1.43 bits per heavy atom. The first-order valence-electron chi connectivity index (χ1n) is 4.61. The number of carbonyl (C=O) groups is 1. The molecule has 0 aliphatic heterocycles. The highest BCUT2D eigenvalue weighted by Gasteiger charge is 2.44. The Morgan fingerprint density at radius 3 is 1.64 bits per heavy atom. The molecule has 0 aliphatic rings. The molecule has 0 aromatic carbocycles. The molecule has 0 amide bonds. The maximum atomic E-state index is 11.9. The van der Waals surface area contributed by atoms with Gasteiger partial charge in [0.2, 0.25) is 0 Å². The quantitative estimate of drug-likeness (QED) is 0.669. The number of alkyl halides is 3. The van der Waals surface area contributed by atoms with Crippen molar-refractivity contribution in [2.24, 2.45) is 0 Å². The van der Waals surface area contributed by atoms with Gasteiger partial charge < -0.3 is 4.74 Å². The average Bonchev–Trinajstić information content (AvgIpc) is 2.12. The molecule has 0 aromatic heterocycles. The van der Waals surface area contributed by atoms with E-state index in [1.807, 2.05) is 0 Å². The summed E-state index contributed by atoms with van der Waals surface area (Å²) < 4.78 is 40.2. The molecule has 0 spiro atoms. The topological polar surface area (TPSA) is 26.3 Å². The molecule has 0 aromatic rings. The van der Waals surface area contributed by atoms with E-state index in [2.05, 4.69) is 4.74 Å². The van der Waals surface area contributed by atoms with Crippen LogP contribution >= 0.6 is 0 Å². The van der Waals surface area contributed by atoms with Crippen LogP contribution in [0.25, 0.3) is 0 Å². The van der Waals surface area contributed by atoms with Crippen molar-refractivity contribution in [3.63, 3.8) is 0 Å². The zero-order valence-electron chi connectivity index (χ0n) is 8.57. The molecule has 0 saturated heterocycles. The molecule has 0 heterocycles. The number of carbonyl (C=O) groups excluding carboxylic acids is 1. The van der Waals surface area contributed by atoms with Gasteiger partial charge in [-0.25, -0.2) is 4.79 Å². The summed E-state index contributed by atoms with van der Waals surface area (Å²) >= 11 is 0. The molecular formula is C9H15F3O2. The Kier molecular flexibility index (Phi) is 4.42. The number of halogens is 3. The predicted octanol–water partition coefficient (Wildman–Crippen LogP) is 3.06. The molecule has 0 rings (SSSR count). The zero-order valence-corrected chi connectivity index (χ0v) is 8.57. The number of hydrogen-bond acceptors (Lipinski definition) is 2. The Labute approximate surface area is 81.4 Å². The molecule has 0 fully saturated rings. The largest absolute Gasteiger partial charge is 0.490 e. The van der Waals surface area contributed by atoms with E-state index in [9.17, 15) is 18.0 Å². The van der Waals surface area contributed by atoms with Crippen LogP contribution < -0.4 is 0 Å². The fourth-order valence-corrected chi connectivity index (χ4v) is 1.22. The minimum Gasteiger partial charge on any atom is -0.452 e. The van der Waals surface area contributed by atoms with E-state index in [0.29, 0.717) is 19.3 Å². The Hall–Kier alpha value is -0.740. The van der Waals surface area contributed by atoms with Crippen LogP contribution in [0, 0.1) is 0 Å². The van der Waals surface area contributed by atoms with Gasteiger partial charge in [-0.1, -0.05) is 20.8 Å². The van der Waals surface area contributed by atoms with E-state index in [1.165, 1.54) is 0 Å². The summed E-state index contributed by atoms with van der Waals surface area (Å²) in [6.45, 7) is 5.12. The van der Waals surface area contributed by atoms with E-state index in [4.69, 9.17) is 0 Å². The number of hydrogen-bond donors (Lipinski definition) is 0. The molecule has 0 radical (unpaired) electrons. The van der Waals surface area contributed by atoms with E-state index >= 15 is 0 Å². The van der Waals surface area contributed by atoms with Crippen LogP contribution in [-0.2, 0) is 9.53 Å². The molecule has 5 heteroatoms. The van der Waals surface area contributed by atoms with Crippen molar-refractivity contribution in [3.05, 3.63) is 0 Å². The van der Waals surface area contributed by atoms with Gasteiger partial charge in [0.1, 0.15) is 5.60 Å². The first-order chi connectivity index (χ1) is 6.31. The van der Waals surface area contributed by atoms with Gasteiger partial charge in [-0.05, 0) is 19.3 Å². The predicted molar refractivity (Wildman–Crippen MR) is 45.8 cm³/mol.